The molecule has 1 N–H and O–H groups in total. The molecule has 1 aliphatic rings. The second-order valence-corrected chi connectivity index (χ2v) is 5.48. The molecule has 1 amide bonds. The summed E-state index contributed by atoms with van der Waals surface area (Å²) in [6, 6.07) is 11.8. The number of ether oxygens (including phenoxy) is 2. The molecular weight excluding hydrogens is 318 g/mol. The van der Waals surface area contributed by atoms with Gasteiger partial charge < -0.3 is 14.8 Å². The topological polar surface area (TPSA) is 64.6 Å². The predicted octanol–water partition coefficient (Wildman–Crippen LogP) is 3.67. The number of anilines is 1. The number of hydrogen-bond donors (Lipinski definition) is 1. The number of ketones is 1. The number of fused-ring (bicyclic) bond motifs is 1. The lowest BCUT2D eigenvalue weighted by molar-refractivity contribution is -0.116. The van der Waals surface area contributed by atoms with Crippen LogP contribution >= 0.6 is 11.6 Å². The molecule has 0 saturated heterocycles. The number of carbonyl (C=O) groups is 2. The minimum Gasteiger partial charge on any atom is -0.454 e. The van der Waals surface area contributed by atoms with E-state index < -0.39 is 0 Å². The van der Waals surface area contributed by atoms with Crippen molar-refractivity contribution < 1.29 is 19.1 Å². The molecule has 6 heteroatoms. The Labute approximate surface area is 138 Å². The van der Waals surface area contributed by atoms with Crippen LogP contribution in [0.15, 0.2) is 42.5 Å². The van der Waals surface area contributed by atoms with E-state index in [4.69, 9.17) is 21.1 Å². The molecule has 1 aliphatic heterocycles. The molecule has 2 aromatic rings. The third-order valence-electron chi connectivity index (χ3n) is 3.40. The number of halogens is 1. The molecular formula is C17H14ClNO4. The van der Waals surface area contributed by atoms with Gasteiger partial charge in [0.25, 0.3) is 0 Å². The van der Waals surface area contributed by atoms with E-state index in [1.165, 1.54) is 0 Å². The summed E-state index contributed by atoms with van der Waals surface area (Å²) in [4.78, 5) is 24.0. The molecule has 118 valence electrons. The first-order valence-corrected chi connectivity index (χ1v) is 7.48. The maximum absolute atomic E-state index is 12.0. The van der Waals surface area contributed by atoms with E-state index in [-0.39, 0.29) is 31.3 Å². The zero-order valence-corrected chi connectivity index (χ0v) is 12.9. The van der Waals surface area contributed by atoms with Crippen molar-refractivity contribution in [2.24, 2.45) is 0 Å². The van der Waals surface area contributed by atoms with Gasteiger partial charge in [0.05, 0.1) is 0 Å². The Morgan fingerprint density at radius 3 is 2.52 bits per heavy atom. The van der Waals surface area contributed by atoms with Crippen molar-refractivity contribution in [1.82, 2.24) is 0 Å². The predicted molar refractivity (Wildman–Crippen MR) is 86.2 cm³/mol. The van der Waals surface area contributed by atoms with Crippen LogP contribution in [0, 0.1) is 0 Å². The highest BCUT2D eigenvalue weighted by molar-refractivity contribution is 6.30. The van der Waals surface area contributed by atoms with Gasteiger partial charge in [-0.15, -0.1) is 0 Å². The molecule has 0 radical (unpaired) electrons. The average molecular weight is 332 g/mol. The average Bonchev–Trinajstić information content (AvgIpc) is 3.01. The first kappa shape index (κ1) is 15.4. The Morgan fingerprint density at radius 1 is 1.00 bits per heavy atom. The summed E-state index contributed by atoms with van der Waals surface area (Å²) in [7, 11) is 0. The van der Waals surface area contributed by atoms with E-state index >= 15 is 0 Å². The Bertz CT molecular complexity index is 743. The molecule has 0 unspecified atom stereocenters. The van der Waals surface area contributed by atoms with Crippen LogP contribution in [-0.4, -0.2) is 18.5 Å². The molecule has 1 heterocycles. The molecule has 0 fully saturated rings. The highest BCUT2D eigenvalue weighted by Crippen LogP contribution is 2.34. The normalized spacial score (nSPS) is 12.0. The quantitative estimate of drug-likeness (QED) is 0.849. The highest BCUT2D eigenvalue weighted by Gasteiger charge is 2.15. The van der Waals surface area contributed by atoms with Crippen LogP contribution < -0.4 is 14.8 Å². The lowest BCUT2D eigenvalue weighted by Gasteiger charge is -2.06. The first-order chi connectivity index (χ1) is 11.1. The van der Waals surface area contributed by atoms with Gasteiger partial charge in [-0.25, -0.2) is 0 Å². The third-order valence-corrected chi connectivity index (χ3v) is 3.65. The summed E-state index contributed by atoms with van der Waals surface area (Å²) in [5, 5.41) is 3.31. The number of amides is 1. The lowest BCUT2D eigenvalue weighted by Crippen LogP contribution is -2.13. The van der Waals surface area contributed by atoms with E-state index in [1.54, 1.807) is 42.5 Å². The van der Waals surface area contributed by atoms with Crippen molar-refractivity contribution in [3.8, 4) is 11.5 Å². The molecule has 3 rings (SSSR count). The summed E-state index contributed by atoms with van der Waals surface area (Å²) >= 11 is 5.78. The van der Waals surface area contributed by atoms with Gasteiger partial charge in [0, 0.05) is 35.2 Å². The van der Waals surface area contributed by atoms with Crippen LogP contribution in [0.25, 0.3) is 0 Å². The van der Waals surface area contributed by atoms with Gasteiger partial charge in [-0.3, -0.25) is 9.59 Å². The van der Waals surface area contributed by atoms with Crippen molar-refractivity contribution in [3.05, 3.63) is 53.1 Å². The minimum atomic E-state index is -0.230. The molecule has 23 heavy (non-hydrogen) atoms. The van der Waals surface area contributed by atoms with Gasteiger partial charge >= 0.3 is 0 Å². The zero-order valence-electron chi connectivity index (χ0n) is 12.2. The fourth-order valence-electron chi connectivity index (χ4n) is 2.20. The Balaban J connectivity index is 1.53. The largest absolute Gasteiger partial charge is 0.454 e. The Kier molecular flexibility index (Phi) is 4.48. The molecule has 5 nitrogen and oxygen atoms in total. The van der Waals surface area contributed by atoms with E-state index in [2.05, 4.69) is 5.32 Å². The summed E-state index contributed by atoms with van der Waals surface area (Å²) in [6.07, 6.45) is 0.244. The molecule has 0 aliphatic carbocycles. The van der Waals surface area contributed by atoms with E-state index in [9.17, 15) is 9.59 Å². The second-order valence-electron chi connectivity index (χ2n) is 5.05. The SMILES string of the molecule is O=C(CCC(=O)c1ccc(Cl)cc1)Nc1ccc2c(c1)OCO2. The molecule has 0 bridgehead atoms. The fraction of sp³-hybridized carbons (Fsp3) is 0.176. The smallest absolute Gasteiger partial charge is 0.231 e. The molecule has 0 atom stereocenters. The van der Waals surface area contributed by atoms with Crippen LogP contribution in [0.4, 0.5) is 5.69 Å². The number of rotatable bonds is 5. The van der Waals surface area contributed by atoms with Crippen molar-refractivity contribution >= 4 is 29.0 Å². The van der Waals surface area contributed by atoms with Crippen molar-refractivity contribution in [2.45, 2.75) is 12.8 Å². The number of nitrogens with one attached hydrogen (secondary N) is 1. The molecule has 0 aromatic heterocycles. The summed E-state index contributed by atoms with van der Waals surface area (Å²) in [5.74, 6) is 0.926. The summed E-state index contributed by atoms with van der Waals surface area (Å²) in [5.41, 5.74) is 1.16. The summed E-state index contributed by atoms with van der Waals surface area (Å²) in [6.45, 7) is 0.183. The van der Waals surface area contributed by atoms with Gasteiger partial charge in [0.1, 0.15) is 0 Å². The van der Waals surface area contributed by atoms with Crippen LogP contribution in [0.1, 0.15) is 23.2 Å². The fourth-order valence-corrected chi connectivity index (χ4v) is 2.33. The molecule has 0 saturated carbocycles. The van der Waals surface area contributed by atoms with Gasteiger partial charge in [-0.1, -0.05) is 11.6 Å². The molecule has 0 spiro atoms. The monoisotopic (exact) mass is 331 g/mol. The third kappa shape index (κ3) is 3.81. The number of benzene rings is 2. The Hall–Kier alpha value is -2.53. The van der Waals surface area contributed by atoms with E-state index in [1.807, 2.05) is 0 Å². The Morgan fingerprint density at radius 2 is 1.74 bits per heavy atom. The molecule has 2 aromatic carbocycles. The van der Waals surface area contributed by atoms with Crippen molar-refractivity contribution in [1.29, 1.82) is 0 Å². The van der Waals surface area contributed by atoms with Gasteiger partial charge in [-0.2, -0.15) is 0 Å². The minimum absolute atomic E-state index is 0.0949. The van der Waals surface area contributed by atoms with E-state index in [0.717, 1.165) is 0 Å². The van der Waals surface area contributed by atoms with Crippen molar-refractivity contribution in [2.75, 3.05) is 12.1 Å². The van der Waals surface area contributed by atoms with Gasteiger partial charge in [0.2, 0.25) is 12.7 Å². The highest BCUT2D eigenvalue weighted by atomic mass is 35.5. The van der Waals surface area contributed by atoms with Crippen molar-refractivity contribution in [3.63, 3.8) is 0 Å². The van der Waals surface area contributed by atoms with E-state index in [0.29, 0.717) is 27.8 Å². The first-order valence-electron chi connectivity index (χ1n) is 7.10. The maximum atomic E-state index is 12.0. The van der Waals surface area contributed by atoms with Gasteiger partial charge in [0.15, 0.2) is 17.3 Å². The van der Waals surface area contributed by atoms with Crippen LogP contribution in [0.5, 0.6) is 11.5 Å². The maximum Gasteiger partial charge on any atom is 0.231 e. The zero-order chi connectivity index (χ0) is 16.2. The number of carbonyl (C=O) groups excluding carboxylic acids is 2. The summed E-state index contributed by atoms with van der Waals surface area (Å²) < 4.78 is 10.5. The number of hydrogen-bond acceptors (Lipinski definition) is 4. The van der Waals surface area contributed by atoms with Crippen LogP contribution in [0.2, 0.25) is 5.02 Å². The number of Topliss-reactive ketones (excluding diaryl/α,β-unsaturated/α-hetero) is 1. The standard InChI is InChI=1S/C17H14ClNO4/c18-12-3-1-11(2-4-12)14(20)6-8-17(21)19-13-5-7-15-16(9-13)23-10-22-15/h1-5,7,9H,6,8,10H2,(H,19,21). The second kappa shape index (κ2) is 6.71. The van der Waals surface area contributed by atoms with Crippen LogP contribution in [0.3, 0.4) is 0 Å². The lowest BCUT2D eigenvalue weighted by atomic mass is 10.1. The van der Waals surface area contributed by atoms with Gasteiger partial charge in [-0.05, 0) is 36.4 Å². The van der Waals surface area contributed by atoms with Crippen LogP contribution in [-0.2, 0) is 4.79 Å².